The molecule has 4 heterocycles. The molecule has 0 unspecified atom stereocenters. The van der Waals surface area contributed by atoms with Crippen LogP contribution in [-0.4, -0.2) is 57.0 Å². The van der Waals surface area contributed by atoms with Gasteiger partial charge in [-0.3, -0.25) is 9.58 Å². The third-order valence-electron chi connectivity index (χ3n) is 4.92. The van der Waals surface area contributed by atoms with Crippen molar-refractivity contribution >= 4 is 5.95 Å². The SMILES string of the molecule is c1cnc(NC[C@H]2CN(C3CCOCC3)Cc3ccnn3C2)nc1. The molecule has 0 saturated carbocycles. The van der Waals surface area contributed by atoms with Gasteiger partial charge in [-0.05, 0) is 25.0 Å². The van der Waals surface area contributed by atoms with E-state index in [0.29, 0.717) is 17.9 Å². The first kappa shape index (κ1) is 15.5. The lowest BCUT2D eigenvalue weighted by Crippen LogP contribution is -2.42. The first-order valence-electron chi connectivity index (χ1n) is 8.72. The van der Waals surface area contributed by atoms with Gasteiger partial charge in [-0.15, -0.1) is 0 Å². The van der Waals surface area contributed by atoms with Crippen LogP contribution in [0, 0.1) is 5.92 Å². The van der Waals surface area contributed by atoms with E-state index in [0.717, 1.165) is 52.2 Å². The monoisotopic (exact) mass is 328 g/mol. The topological polar surface area (TPSA) is 68.1 Å². The van der Waals surface area contributed by atoms with Gasteiger partial charge in [0.2, 0.25) is 5.95 Å². The van der Waals surface area contributed by atoms with Crippen molar-refractivity contribution < 1.29 is 4.74 Å². The number of anilines is 1. The number of hydrogen-bond acceptors (Lipinski definition) is 6. The molecule has 0 spiro atoms. The van der Waals surface area contributed by atoms with Gasteiger partial charge in [0.15, 0.2) is 0 Å². The van der Waals surface area contributed by atoms with Crippen LogP contribution < -0.4 is 5.32 Å². The molecule has 1 atom stereocenters. The number of aromatic nitrogens is 4. The number of ether oxygens (including phenoxy) is 1. The molecule has 2 aromatic heterocycles. The predicted octanol–water partition coefficient (Wildman–Crippen LogP) is 1.40. The Morgan fingerprint density at radius 3 is 2.79 bits per heavy atom. The van der Waals surface area contributed by atoms with Crippen LogP contribution in [0.25, 0.3) is 0 Å². The first-order chi connectivity index (χ1) is 11.9. The summed E-state index contributed by atoms with van der Waals surface area (Å²) in [6.45, 7) is 5.57. The normalized spacial score (nSPS) is 22.8. The van der Waals surface area contributed by atoms with E-state index in [2.05, 4.69) is 36.0 Å². The van der Waals surface area contributed by atoms with Crippen molar-refractivity contribution in [2.45, 2.75) is 32.0 Å². The Balaban J connectivity index is 1.46. The van der Waals surface area contributed by atoms with Crippen molar-refractivity contribution in [2.75, 3.05) is 31.6 Å². The van der Waals surface area contributed by atoms with Crippen LogP contribution in [0.4, 0.5) is 5.95 Å². The summed E-state index contributed by atoms with van der Waals surface area (Å²) < 4.78 is 7.69. The van der Waals surface area contributed by atoms with Crippen molar-refractivity contribution in [3.63, 3.8) is 0 Å². The maximum atomic E-state index is 5.54. The minimum Gasteiger partial charge on any atom is -0.381 e. The highest BCUT2D eigenvalue weighted by Gasteiger charge is 2.28. The Kier molecular flexibility index (Phi) is 4.71. The van der Waals surface area contributed by atoms with Gasteiger partial charge in [-0.1, -0.05) is 0 Å². The van der Waals surface area contributed by atoms with Gasteiger partial charge in [0.1, 0.15) is 0 Å². The van der Waals surface area contributed by atoms with Crippen LogP contribution >= 0.6 is 0 Å². The largest absolute Gasteiger partial charge is 0.381 e. The highest BCUT2D eigenvalue weighted by Crippen LogP contribution is 2.23. The van der Waals surface area contributed by atoms with E-state index in [1.807, 2.05) is 12.3 Å². The summed E-state index contributed by atoms with van der Waals surface area (Å²) in [4.78, 5) is 11.1. The number of hydrogen-bond donors (Lipinski definition) is 1. The van der Waals surface area contributed by atoms with Crippen LogP contribution in [0.1, 0.15) is 18.5 Å². The maximum Gasteiger partial charge on any atom is 0.222 e. The molecule has 2 aromatic rings. The van der Waals surface area contributed by atoms with Gasteiger partial charge < -0.3 is 10.1 Å². The summed E-state index contributed by atoms with van der Waals surface area (Å²) in [5.41, 5.74) is 1.31. The summed E-state index contributed by atoms with van der Waals surface area (Å²) in [6, 6.07) is 4.58. The molecule has 7 heteroatoms. The second-order valence-electron chi connectivity index (χ2n) is 6.60. The molecule has 0 amide bonds. The molecule has 128 valence electrons. The zero-order valence-corrected chi connectivity index (χ0v) is 13.8. The summed E-state index contributed by atoms with van der Waals surface area (Å²) in [5, 5.41) is 7.88. The smallest absolute Gasteiger partial charge is 0.222 e. The van der Waals surface area contributed by atoms with E-state index in [1.165, 1.54) is 5.69 Å². The lowest BCUT2D eigenvalue weighted by Gasteiger charge is -2.34. The molecule has 0 aromatic carbocycles. The van der Waals surface area contributed by atoms with Crippen LogP contribution in [0.15, 0.2) is 30.7 Å². The highest BCUT2D eigenvalue weighted by molar-refractivity contribution is 5.22. The van der Waals surface area contributed by atoms with Crippen LogP contribution in [0.2, 0.25) is 0 Å². The Hall–Kier alpha value is -1.99. The van der Waals surface area contributed by atoms with Gasteiger partial charge in [0.05, 0.1) is 5.69 Å². The fourth-order valence-electron chi connectivity index (χ4n) is 3.65. The van der Waals surface area contributed by atoms with Gasteiger partial charge in [-0.2, -0.15) is 5.10 Å². The number of rotatable bonds is 4. The van der Waals surface area contributed by atoms with E-state index in [-0.39, 0.29) is 0 Å². The second-order valence-corrected chi connectivity index (χ2v) is 6.60. The van der Waals surface area contributed by atoms with E-state index in [4.69, 9.17) is 4.74 Å². The van der Waals surface area contributed by atoms with Gasteiger partial charge in [0.25, 0.3) is 0 Å². The second kappa shape index (κ2) is 7.27. The predicted molar refractivity (Wildman–Crippen MR) is 90.5 cm³/mol. The third-order valence-corrected chi connectivity index (χ3v) is 4.92. The fourth-order valence-corrected chi connectivity index (χ4v) is 3.65. The molecular formula is C17H24N6O. The Labute approximate surface area is 142 Å². The van der Waals surface area contributed by atoms with Gasteiger partial charge in [-0.25, -0.2) is 9.97 Å². The number of nitrogens with zero attached hydrogens (tertiary/aromatic N) is 5. The summed E-state index contributed by atoms with van der Waals surface area (Å²) in [5.74, 6) is 1.16. The zero-order valence-electron chi connectivity index (χ0n) is 13.8. The standard InChI is InChI=1S/C17H24N6O/c1-5-18-17(19-6-1)20-10-14-11-22(15-3-8-24-9-4-15)13-16-2-7-21-23(16)12-14/h1-2,5-7,14-15H,3-4,8-13H2,(H,18,19,20)/t14-/m0/s1. The van der Waals surface area contributed by atoms with Crippen LogP contribution in [-0.2, 0) is 17.8 Å². The Morgan fingerprint density at radius 1 is 1.12 bits per heavy atom. The molecule has 1 N–H and O–H groups in total. The zero-order chi connectivity index (χ0) is 16.2. The number of nitrogens with one attached hydrogen (secondary N) is 1. The average Bonchev–Trinajstić information content (AvgIpc) is 2.99. The van der Waals surface area contributed by atoms with Crippen molar-refractivity contribution in [3.05, 3.63) is 36.4 Å². The van der Waals surface area contributed by atoms with Crippen LogP contribution in [0.3, 0.4) is 0 Å². The Morgan fingerprint density at radius 2 is 1.96 bits per heavy atom. The number of fused-ring (bicyclic) bond motifs is 1. The lowest BCUT2D eigenvalue weighted by atomic mass is 10.0. The molecule has 0 bridgehead atoms. The van der Waals surface area contributed by atoms with Crippen molar-refractivity contribution in [1.82, 2.24) is 24.6 Å². The van der Waals surface area contributed by atoms with E-state index in [9.17, 15) is 0 Å². The highest BCUT2D eigenvalue weighted by atomic mass is 16.5. The average molecular weight is 328 g/mol. The van der Waals surface area contributed by atoms with E-state index < -0.39 is 0 Å². The molecule has 24 heavy (non-hydrogen) atoms. The molecule has 1 saturated heterocycles. The Bertz CT molecular complexity index is 640. The molecular weight excluding hydrogens is 304 g/mol. The summed E-state index contributed by atoms with van der Waals surface area (Å²) >= 11 is 0. The first-order valence-corrected chi connectivity index (χ1v) is 8.72. The van der Waals surface area contributed by atoms with Crippen LogP contribution in [0.5, 0.6) is 0 Å². The molecule has 2 aliphatic rings. The van der Waals surface area contributed by atoms with E-state index in [1.54, 1.807) is 12.4 Å². The van der Waals surface area contributed by atoms with Gasteiger partial charge in [0, 0.05) is 69.9 Å². The van der Waals surface area contributed by atoms with Gasteiger partial charge >= 0.3 is 0 Å². The molecule has 4 rings (SSSR count). The summed E-state index contributed by atoms with van der Waals surface area (Å²) in [6.07, 6.45) is 7.69. The third kappa shape index (κ3) is 3.57. The fraction of sp³-hybridized carbons (Fsp3) is 0.588. The summed E-state index contributed by atoms with van der Waals surface area (Å²) in [7, 11) is 0. The minimum absolute atomic E-state index is 0.470. The minimum atomic E-state index is 0.470. The van der Waals surface area contributed by atoms with E-state index >= 15 is 0 Å². The van der Waals surface area contributed by atoms with Crippen molar-refractivity contribution in [1.29, 1.82) is 0 Å². The molecule has 1 fully saturated rings. The van der Waals surface area contributed by atoms with Crippen molar-refractivity contribution in [2.24, 2.45) is 5.92 Å². The molecule has 7 nitrogen and oxygen atoms in total. The molecule has 0 aliphatic carbocycles. The maximum absolute atomic E-state index is 5.54. The molecule has 0 radical (unpaired) electrons. The van der Waals surface area contributed by atoms with Crippen molar-refractivity contribution in [3.8, 4) is 0 Å². The quantitative estimate of drug-likeness (QED) is 0.915. The lowest BCUT2D eigenvalue weighted by molar-refractivity contribution is 0.0270. The molecule has 2 aliphatic heterocycles.